The van der Waals surface area contributed by atoms with Gasteiger partial charge in [0.2, 0.25) is 0 Å². The van der Waals surface area contributed by atoms with Gasteiger partial charge in [0.25, 0.3) is 0 Å². The summed E-state index contributed by atoms with van der Waals surface area (Å²) in [6.45, 7) is 6.35. The molecular formula is C43H31N3. The van der Waals surface area contributed by atoms with E-state index < -0.39 is 5.41 Å². The standard InChI is InChI=1S/C43H31N3/c1-26-22-23-44-28(3)40(26)30-20-21-32-31-14-7-9-17-35(31)43(38(32)25-30)36-18-10-8-15-33(36)41-34(16-11-19-37(41)43)42-45-27(2)24-39(46-42)29-12-5-4-6-13-29/h4-25H,1-3H3. The van der Waals surface area contributed by atoms with Crippen LogP contribution in [0.25, 0.3) is 56.0 Å². The van der Waals surface area contributed by atoms with Gasteiger partial charge in [0, 0.05) is 34.3 Å². The van der Waals surface area contributed by atoms with Gasteiger partial charge in [0.1, 0.15) is 0 Å². The number of aromatic nitrogens is 3. The number of aryl methyl sites for hydroxylation is 3. The highest BCUT2D eigenvalue weighted by Gasteiger charge is 2.52. The van der Waals surface area contributed by atoms with E-state index in [0.29, 0.717) is 0 Å². The fourth-order valence-electron chi connectivity index (χ4n) is 8.11. The Bertz CT molecular complexity index is 2330. The molecule has 1 spiro atoms. The maximum Gasteiger partial charge on any atom is 0.160 e. The van der Waals surface area contributed by atoms with Crippen LogP contribution in [-0.2, 0) is 5.41 Å². The van der Waals surface area contributed by atoms with Crippen LogP contribution in [0.2, 0.25) is 0 Å². The Morgan fingerprint density at radius 2 is 1.15 bits per heavy atom. The number of benzene rings is 5. The first kappa shape index (κ1) is 26.7. The number of hydrogen-bond acceptors (Lipinski definition) is 3. The highest BCUT2D eigenvalue weighted by molar-refractivity contribution is 6.00. The van der Waals surface area contributed by atoms with E-state index in [9.17, 15) is 0 Å². The minimum absolute atomic E-state index is 0.472. The zero-order valence-corrected chi connectivity index (χ0v) is 26.0. The van der Waals surface area contributed by atoms with Gasteiger partial charge in [-0.25, -0.2) is 9.97 Å². The molecule has 3 nitrogen and oxygen atoms in total. The lowest BCUT2D eigenvalue weighted by Gasteiger charge is -2.31. The molecule has 5 aromatic carbocycles. The van der Waals surface area contributed by atoms with E-state index in [2.05, 4.69) is 147 Å². The van der Waals surface area contributed by atoms with E-state index in [0.717, 1.165) is 34.0 Å². The molecule has 0 aliphatic heterocycles. The Labute approximate surface area is 269 Å². The average Bonchev–Trinajstić information content (AvgIpc) is 3.55. The first-order valence-electron chi connectivity index (χ1n) is 15.9. The highest BCUT2D eigenvalue weighted by Crippen LogP contribution is 2.64. The van der Waals surface area contributed by atoms with E-state index in [1.165, 1.54) is 61.2 Å². The first-order valence-corrected chi connectivity index (χ1v) is 15.9. The molecule has 0 saturated heterocycles. The number of hydrogen-bond donors (Lipinski definition) is 0. The van der Waals surface area contributed by atoms with Crippen molar-refractivity contribution in [2.24, 2.45) is 0 Å². The summed E-state index contributed by atoms with van der Waals surface area (Å²) in [7, 11) is 0. The predicted molar refractivity (Wildman–Crippen MR) is 187 cm³/mol. The van der Waals surface area contributed by atoms with Crippen LogP contribution in [0, 0.1) is 20.8 Å². The minimum Gasteiger partial charge on any atom is -0.261 e. The zero-order valence-electron chi connectivity index (χ0n) is 26.0. The number of pyridine rings is 1. The fourth-order valence-corrected chi connectivity index (χ4v) is 8.11. The average molecular weight is 590 g/mol. The van der Waals surface area contributed by atoms with Crippen molar-refractivity contribution in [3.05, 3.63) is 173 Å². The predicted octanol–water partition coefficient (Wildman–Crippen LogP) is 10.1. The summed E-state index contributed by atoms with van der Waals surface area (Å²) >= 11 is 0. The molecule has 0 saturated carbocycles. The molecule has 9 rings (SSSR count). The first-order chi connectivity index (χ1) is 22.6. The van der Waals surface area contributed by atoms with E-state index in [-0.39, 0.29) is 0 Å². The molecule has 218 valence electrons. The van der Waals surface area contributed by atoms with Crippen molar-refractivity contribution >= 4 is 0 Å². The minimum atomic E-state index is -0.472. The second-order valence-corrected chi connectivity index (χ2v) is 12.5. The van der Waals surface area contributed by atoms with Crippen LogP contribution in [0.15, 0.2) is 134 Å². The van der Waals surface area contributed by atoms with Gasteiger partial charge >= 0.3 is 0 Å². The fraction of sp³-hybridized carbons (Fsp3) is 0.0930. The molecular weight excluding hydrogens is 558 g/mol. The molecule has 1 atom stereocenters. The van der Waals surface area contributed by atoms with Crippen molar-refractivity contribution in [3.63, 3.8) is 0 Å². The third kappa shape index (κ3) is 3.63. The molecule has 2 aliphatic rings. The van der Waals surface area contributed by atoms with Crippen molar-refractivity contribution in [1.82, 2.24) is 15.0 Å². The van der Waals surface area contributed by atoms with Crippen molar-refractivity contribution in [2.45, 2.75) is 26.2 Å². The van der Waals surface area contributed by atoms with Crippen molar-refractivity contribution in [1.29, 1.82) is 0 Å². The molecule has 0 fully saturated rings. The van der Waals surface area contributed by atoms with Crippen LogP contribution in [0.1, 0.15) is 39.2 Å². The van der Waals surface area contributed by atoms with Crippen LogP contribution < -0.4 is 0 Å². The lowest BCUT2D eigenvalue weighted by Crippen LogP contribution is -2.26. The molecule has 7 aromatic rings. The molecule has 2 aromatic heterocycles. The zero-order chi connectivity index (χ0) is 31.0. The molecule has 0 N–H and O–H groups in total. The van der Waals surface area contributed by atoms with Gasteiger partial charge in [-0.3, -0.25) is 4.98 Å². The monoisotopic (exact) mass is 589 g/mol. The molecule has 0 radical (unpaired) electrons. The molecule has 3 heteroatoms. The third-order valence-corrected chi connectivity index (χ3v) is 9.92. The lowest BCUT2D eigenvalue weighted by molar-refractivity contribution is 0.794. The molecule has 0 bridgehead atoms. The molecule has 2 heterocycles. The SMILES string of the molecule is Cc1cc(-c2ccccc2)nc(-c2cccc3c2-c2ccccc2C32c3ccccc3-c3ccc(-c4c(C)ccnc4C)cc32)n1. The van der Waals surface area contributed by atoms with Gasteiger partial charge in [0.15, 0.2) is 5.82 Å². The Morgan fingerprint density at radius 3 is 1.96 bits per heavy atom. The van der Waals surface area contributed by atoms with Gasteiger partial charge < -0.3 is 0 Å². The summed E-state index contributed by atoms with van der Waals surface area (Å²) in [6.07, 6.45) is 1.90. The van der Waals surface area contributed by atoms with Gasteiger partial charge in [0.05, 0.1) is 11.1 Å². The second-order valence-electron chi connectivity index (χ2n) is 12.5. The maximum absolute atomic E-state index is 5.18. The van der Waals surface area contributed by atoms with Crippen LogP contribution in [0.3, 0.4) is 0 Å². The Morgan fingerprint density at radius 1 is 0.478 bits per heavy atom. The summed E-state index contributed by atoms with van der Waals surface area (Å²) in [5.41, 5.74) is 18.5. The van der Waals surface area contributed by atoms with Crippen LogP contribution >= 0.6 is 0 Å². The van der Waals surface area contributed by atoms with Gasteiger partial charge in [-0.1, -0.05) is 109 Å². The van der Waals surface area contributed by atoms with Crippen LogP contribution in [0.4, 0.5) is 0 Å². The van der Waals surface area contributed by atoms with Gasteiger partial charge in [-0.15, -0.1) is 0 Å². The summed E-state index contributed by atoms with van der Waals surface area (Å²) in [5.74, 6) is 0.754. The van der Waals surface area contributed by atoms with E-state index in [1.807, 2.05) is 12.3 Å². The normalized spacial score (nSPS) is 15.4. The summed E-state index contributed by atoms with van der Waals surface area (Å²) in [6, 6.07) is 46.2. The summed E-state index contributed by atoms with van der Waals surface area (Å²) < 4.78 is 0. The van der Waals surface area contributed by atoms with E-state index in [1.54, 1.807) is 0 Å². The molecule has 46 heavy (non-hydrogen) atoms. The van der Waals surface area contributed by atoms with Crippen LogP contribution in [0.5, 0.6) is 0 Å². The smallest absolute Gasteiger partial charge is 0.160 e. The van der Waals surface area contributed by atoms with E-state index in [4.69, 9.17) is 9.97 Å². The maximum atomic E-state index is 5.18. The summed E-state index contributed by atoms with van der Waals surface area (Å²) in [5, 5.41) is 0. The van der Waals surface area contributed by atoms with Crippen molar-refractivity contribution < 1.29 is 0 Å². The Balaban J connectivity index is 1.36. The molecule has 1 unspecified atom stereocenters. The Hall–Kier alpha value is -5.67. The van der Waals surface area contributed by atoms with E-state index >= 15 is 0 Å². The van der Waals surface area contributed by atoms with Crippen molar-refractivity contribution in [3.8, 4) is 56.0 Å². The Kier molecular flexibility index (Phi) is 5.76. The number of nitrogens with zero attached hydrogens (tertiary/aromatic N) is 3. The van der Waals surface area contributed by atoms with Crippen molar-refractivity contribution in [2.75, 3.05) is 0 Å². The molecule has 0 amide bonds. The topological polar surface area (TPSA) is 38.7 Å². The largest absolute Gasteiger partial charge is 0.261 e. The third-order valence-electron chi connectivity index (χ3n) is 9.92. The summed E-state index contributed by atoms with van der Waals surface area (Å²) in [4.78, 5) is 14.9. The highest BCUT2D eigenvalue weighted by atomic mass is 14.9. The second kappa shape index (κ2) is 9.92. The quantitative estimate of drug-likeness (QED) is 0.206. The number of fused-ring (bicyclic) bond motifs is 10. The van der Waals surface area contributed by atoms with Crippen LogP contribution in [-0.4, -0.2) is 15.0 Å². The molecule has 2 aliphatic carbocycles. The van der Waals surface area contributed by atoms with Gasteiger partial charge in [-0.05, 0) is 94.6 Å². The van der Waals surface area contributed by atoms with Gasteiger partial charge in [-0.2, -0.15) is 0 Å². The lowest BCUT2D eigenvalue weighted by atomic mass is 9.70. The number of rotatable bonds is 3.